The fourth-order valence-electron chi connectivity index (χ4n) is 9.00. The molecule has 6 nitrogen and oxygen atoms in total. The van der Waals surface area contributed by atoms with Gasteiger partial charge in [-0.05, 0) is 59.0 Å². The molecule has 0 bridgehead atoms. The summed E-state index contributed by atoms with van der Waals surface area (Å²) in [5.74, 6) is -0.982. The van der Waals surface area contributed by atoms with E-state index in [0.29, 0.717) is 40.0 Å². The number of aliphatic imine (C=N–C) groups is 1. The molecule has 0 unspecified atom stereocenters. The molecule has 8 aromatic carbocycles. The van der Waals surface area contributed by atoms with Crippen molar-refractivity contribution in [1.29, 1.82) is 0 Å². The van der Waals surface area contributed by atoms with E-state index < -0.39 is 11.8 Å². The van der Waals surface area contributed by atoms with Gasteiger partial charge >= 0.3 is 0 Å². The summed E-state index contributed by atoms with van der Waals surface area (Å²) in [6, 6.07) is 60.8. The minimum absolute atomic E-state index is 0.153. The van der Waals surface area contributed by atoms with Gasteiger partial charge < -0.3 is 4.57 Å². The van der Waals surface area contributed by atoms with Gasteiger partial charge in [0.05, 0.1) is 39.2 Å². The van der Waals surface area contributed by atoms with Crippen molar-refractivity contribution in [2.45, 2.75) is 13.3 Å². The first kappa shape index (κ1) is 37.3. The number of benzene rings is 8. The van der Waals surface area contributed by atoms with Gasteiger partial charge in [-0.3, -0.25) is 19.4 Å². The summed E-state index contributed by atoms with van der Waals surface area (Å²) in [4.78, 5) is 51.4. The Bertz CT molecular complexity index is 3220. The van der Waals surface area contributed by atoms with Crippen molar-refractivity contribution >= 4 is 50.8 Å². The lowest BCUT2D eigenvalue weighted by Gasteiger charge is -2.24. The van der Waals surface area contributed by atoms with Crippen molar-refractivity contribution in [2.24, 2.45) is 4.99 Å². The van der Waals surface area contributed by atoms with Gasteiger partial charge in [-0.2, -0.15) is 0 Å². The highest BCUT2D eigenvalue weighted by atomic mass is 16.2. The second-order valence-electron chi connectivity index (χ2n) is 15.1. The Balaban J connectivity index is 1.26. The first-order valence-corrected chi connectivity index (χ1v) is 20.5. The van der Waals surface area contributed by atoms with Crippen LogP contribution in [0.3, 0.4) is 0 Å². The number of ketones is 1. The van der Waals surface area contributed by atoms with E-state index in [0.717, 1.165) is 60.9 Å². The number of para-hydroxylation sites is 2. The van der Waals surface area contributed by atoms with E-state index in [1.807, 2.05) is 162 Å². The molecule has 61 heavy (non-hydrogen) atoms. The second-order valence-corrected chi connectivity index (χ2v) is 15.1. The number of rotatable bonds is 9. The molecule has 2 amide bonds. The van der Waals surface area contributed by atoms with Gasteiger partial charge in [0.25, 0.3) is 11.8 Å². The average Bonchev–Trinajstić information content (AvgIpc) is 3.80. The molecule has 0 aliphatic carbocycles. The number of hydrogen-bond donors (Lipinski definition) is 0. The van der Waals surface area contributed by atoms with Gasteiger partial charge in [0, 0.05) is 45.6 Å². The predicted octanol–water partition coefficient (Wildman–Crippen LogP) is 12.2. The van der Waals surface area contributed by atoms with Crippen molar-refractivity contribution < 1.29 is 14.4 Å². The lowest BCUT2D eigenvalue weighted by Crippen LogP contribution is -2.31. The summed E-state index contributed by atoms with van der Waals surface area (Å²) in [7, 11) is 1.78. The molecule has 0 fully saturated rings. The van der Waals surface area contributed by atoms with E-state index in [1.165, 1.54) is 4.90 Å². The maximum absolute atomic E-state index is 15.5. The summed E-state index contributed by atoms with van der Waals surface area (Å²) >= 11 is 0. The Morgan fingerprint density at radius 2 is 1.08 bits per heavy atom. The monoisotopic (exact) mass is 789 g/mol. The van der Waals surface area contributed by atoms with Crippen LogP contribution in [0.15, 0.2) is 193 Å². The number of imide groups is 1. The summed E-state index contributed by atoms with van der Waals surface area (Å²) < 4.78 is 2.02. The number of hydrogen-bond acceptors (Lipinski definition) is 4. The summed E-state index contributed by atoms with van der Waals surface area (Å²) in [6.45, 7) is 2.05. The molecule has 292 valence electrons. The topological polar surface area (TPSA) is 71.7 Å². The Labute approximate surface area is 353 Å². The first-order chi connectivity index (χ1) is 30.0. The van der Waals surface area contributed by atoms with E-state index >= 15 is 9.59 Å². The maximum atomic E-state index is 15.5. The number of carbonyl (C=O) groups is 3. The normalized spacial score (nSPS) is 12.7. The standard InChI is InChI=1S/C55H39N3O3/c1-3-35-33-40(36-19-8-4-9-20-36)34-46(37-21-10-5-11-22-37)50(35)58-54(60)43-29-18-32-47(48(43)55(58)61)57-51-41(27-16-30-44(51)49(56-2)38-23-12-6-13-24-38)42-28-17-31-45(52(42)57)53(59)39-25-14-7-15-26-39/h4-34H,3H2,1-2H3/b56-49+. The molecule has 0 spiro atoms. The molecule has 1 aromatic heterocycles. The molecule has 1 aliphatic rings. The van der Waals surface area contributed by atoms with Crippen molar-refractivity contribution in [2.75, 3.05) is 11.9 Å². The van der Waals surface area contributed by atoms with E-state index in [1.54, 1.807) is 13.1 Å². The zero-order chi connectivity index (χ0) is 41.6. The van der Waals surface area contributed by atoms with Crippen LogP contribution in [0.2, 0.25) is 0 Å². The third kappa shape index (κ3) is 6.11. The predicted molar refractivity (Wildman–Crippen MR) is 246 cm³/mol. The quantitative estimate of drug-likeness (QED) is 0.0830. The third-order valence-electron chi connectivity index (χ3n) is 11.7. The number of aryl methyl sites for hydroxylation is 1. The molecule has 1 aliphatic heterocycles. The van der Waals surface area contributed by atoms with Crippen molar-refractivity contribution in [3.63, 3.8) is 0 Å². The van der Waals surface area contributed by atoms with Crippen LogP contribution >= 0.6 is 0 Å². The van der Waals surface area contributed by atoms with Crippen LogP contribution in [0.1, 0.15) is 60.3 Å². The molecule has 9 aromatic rings. The van der Waals surface area contributed by atoms with E-state index in [4.69, 9.17) is 4.99 Å². The molecule has 10 rings (SSSR count). The van der Waals surface area contributed by atoms with Crippen LogP contribution in [0.4, 0.5) is 5.69 Å². The fourth-order valence-corrected chi connectivity index (χ4v) is 9.00. The second kappa shape index (κ2) is 15.3. The molecule has 0 N–H and O–H groups in total. The number of fused-ring (bicyclic) bond motifs is 4. The Morgan fingerprint density at radius 3 is 1.70 bits per heavy atom. The van der Waals surface area contributed by atoms with Gasteiger partial charge in [0.15, 0.2) is 5.78 Å². The zero-order valence-corrected chi connectivity index (χ0v) is 33.7. The smallest absolute Gasteiger partial charge is 0.268 e. The van der Waals surface area contributed by atoms with Crippen LogP contribution in [0.5, 0.6) is 0 Å². The Kier molecular flexibility index (Phi) is 9.38. The molecular weight excluding hydrogens is 751 g/mol. The molecule has 0 saturated carbocycles. The lowest BCUT2D eigenvalue weighted by atomic mass is 9.92. The van der Waals surface area contributed by atoms with Gasteiger partial charge in [-0.15, -0.1) is 0 Å². The third-order valence-corrected chi connectivity index (χ3v) is 11.7. The van der Waals surface area contributed by atoms with Gasteiger partial charge in [-0.1, -0.05) is 165 Å². The minimum Gasteiger partial charge on any atom is -0.307 e. The number of amides is 2. The zero-order valence-electron chi connectivity index (χ0n) is 33.7. The average molecular weight is 790 g/mol. The van der Waals surface area contributed by atoms with Gasteiger partial charge in [0.2, 0.25) is 0 Å². The van der Waals surface area contributed by atoms with Crippen molar-refractivity contribution in [3.05, 3.63) is 227 Å². The Morgan fingerprint density at radius 1 is 0.525 bits per heavy atom. The number of aromatic nitrogens is 1. The van der Waals surface area contributed by atoms with E-state index in [9.17, 15) is 4.79 Å². The first-order valence-electron chi connectivity index (χ1n) is 20.5. The highest BCUT2D eigenvalue weighted by Gasteiger charge is 2.42. The van der Waals surface area contributed by atoms with Crippen LogP contribution < -0.4 is 4.90 Å². The molecular formula is C55H39N3O3. The van der Waals surface area contributed by atoms with Crippen molar-refractivity contribution in [1.82, 2.24) is 4.57 Å². The number of carbonyl (C=O) groups excluding carboxylic acids is 3. The van der Waals surface area contributed by atoms with Gasteiger partial charge in [-0.25, -0.2) is 4.90 Å². The maximum Gasteiger partial charge on any atom is 0.268 e. The Hall–Kier alpha value is -7.96. The molecule has 0 saturated heterocycles. The number of anilines is 1. The summed E-state index contributed by atoms with van der Waals surface area (Å²) in [6.07, 6.45) is 0.579. The summed E-state index contributed by atoms with van der Waals surface area (Å²) in [5, 5.41) is 1.72. The van der Waals surface area contributed by atoms with E-state index in [-0.39, 0.29) is 11.3 Å². The highest BCUT2D eigenvalue weighted by molar-refractivity contribution is 6.37. The van der Waals surface area contributed by atoms with Crippen LogP contribution in [0.25, 0.3) is 49.7 Å². The highest BCUT2D eigenvalue weighted by Crippen LogP contribution is 2.45. The minimum atomic E-state index is -0.429. The van der Waals surface area contributed by atoms with Crippen molar-refractivity contribution in [3.8, 4) is 27.9 Å². The van der Waals surface area contributed by atoms with Crippen LogP contribution in [-0.4, -0.2) is 34.9 Å². The lowest BCUT2D eigenvalue weighted by molar-refractivity contribution is 0.0925. The fraction of sp³-hybridized carbons (Fsp3) is 0.0545. The van der Waals surface area contributed by atoms with Gasteiger partial charge in [0.1, 0.15) is 0 Å². The van der Waals surface area contributed by atoms with Crippen LogP contribution in [0, 0.1) is 0 Å². The van der Waals surface area contributed by atoms with Crippen LogP contribution in [-0.2, 0) is 6.42 Å². The number of nitrogens with zero attached hydrogens (tertiary/aromatic N) is 3. The molecule has 0 radical (unpaired) electrons. The molecule has 2 heterocycles. The molecule has 0 atom stereocenters. The molecule has 6 heteroatoms. The summed E-state index contributed by atoms with van der Waals surface area (Å²) in [5.41, 5.74) is 11.2. The largest absolute Gasteiger partial charge is 0.307 e. The van der Waals surface area contributed by atoms with E-state index in [2.05, 4.69) is 31.2 Å². The SMILES string of the molecule is CCc1cc(-c2ccccc2)cc(-c2ccccc2)c1N1C(=O)c2cccc(-n3c4c(C(=O)c5ccccc5)cccc4c4cccc(/C(=N/C)c5ccccc5)c43)c2C1=O.